The van der Waals surface area contributed by atoms with Gasteiger partial charge in [0.05, 0.1) is 24.1 Å². The largest absolute Gasteiger partial charge is 0.497 e. The topological polar surface area (TPSA) is 96.0 Å². The number of halogens is 2. The van der Waals surface area contributed by atoms with Gasteiger partial charge in [-0.25, -0.2) is 12.8 Å². The molecule has 0 aliphatic heterocycles. The minimum Gasteiger partial charge on any atom is -0.497 e. The van der Waals surface area contributed by atoms with Gasteiger partial charge in [0.1, 0.15) is 24.2 Å². The molecule has 0 saturated heterocycles. The van der Waals surface area contributed by atoms with E-state index in [0.717, 1.165) is 28.3 Å². The summed E-state index contributed by atoms with van der Waals surface area (Å²) in [4.78, 5) is 28.8. The highest BCUT2D eigenvalue weighted by atomic mass is 35.5. The first-order valence-electron chi connectivity index (χ1n) is 12.7. The van der Waals surface area contributed by atoms with Crippen molar-refractivity contribution >= 4 is 39.1 Å². The van der Waals surface area contributed by atoms with E-state index in [1.807, 2.05) is 37.3 Å². The van der Waals surface area contributed by atoms with Crippen molar-refractivity contribution in [3.8, 4) is 5.75 Å². The van der Waals surface area contributed by atoms with Gasteiger partial charge >= 0.3 is 0 Å². The Bertz CT molecular complexity index is 1420. The van der Waals surface area contributed by atoms with Crippen LogP contribution in [0.15, 0.2) is 72.8 Å². The standard InChI is InChI=1S/C29H33ClFN3O5S/c1-4-15-32-29(36)27(17-21-9-6-5-7-10-21)33(19-22-11-8-12-24(16-22)39-2)28(35)20-34(40(3,37)38)23-13-14-26(31)25(30)18-23/h5-14,16,18,27H,4,15,17,19-20H2,1-3H3,(H,32,36)/t27-/m0/s1. The molecule has 0 aliphatic rings. The lowest BCUT2D eigenvalue weighted by atomic mass is 10.0. The van der Waals surface area contributed by atoms with E-state index in [4.69, 9.17) is 16.3 Å². The van der Waals surface area contributed by atoms with Crippen molar-refractivity contribution in [2.24, 2.45) is 0 Å². The second-order valence-corrected chi connectivity index (χ2v) is 11.6. The number of sulfonamides is 1. The summed E-state index contributed by atoms with van der Waals surface area (Å²) in [6.07, 6.45) is 1.84. The normalized spacial score (nSPS) is 11.9. The van der Waals surface area contributed by atoms with Crippen LogP contribution in [-0.4, -0.2) is 57.6 Å². The van der Waals surface area contributed by atoms with Crippen LogP contribution < -0.4 is 14.4 Å². The zero-order valence-corrected chi connectivity index (χ0v) is 24.2. The molecule has 0 aromatic heterocycles. The molecule has 1 N–H and O–H groups in total. The van der Waals surface area contributed by atoms with Crippen molar-refractivity contribution in [2.75, 3.05) is 30.8 Å². The average molecular weight is 590 g/mol. The fraction of sp³-hybridized carbons (Fsp3) is 0.310. The summed E-state index contributed by atoms with van der Waals surface area (Å²) in [5.74, 6) is -1.14. The summed E-state index contributed by atoms with van der Waals surface area (Å²) < 4.78 is 45.6. The van der Waals surface area contributed by atoms with Gasteiger partial charge in [0.25, 0.3) is 0 Å². The minimum absolute atomic E-state index is 0.00878. The van der Waals surface area contributed by atoms with Crippen molar-refractivity contribution in [2.45, 2.75) is 32.4 Å². The Morgan fingerprint density at radius 3 is 2.35 bits per heavy atom. The number of ether oxygens (including phenoxy) is 1. The van der Waals surface area contributed by atoms with E-state index in [9.17, 15) is 22.4 Å². The van der Waals surface area contributed by atoms with E-state index in [1.165, 1.54) is 18.1 Å². The van der Waals surface area contributed by atoms with E-state index in [2.05, 4.69) is 5.32 Å². The summed E-state index contributed by atoms with van der Waals surface area (Å²) in [5, 5.41) is 2.59. The minimum atomic E-state index is -3.99. The van der Waals surface area contributed by atoms with Crippen LogP contribution in [0.5, 0.6) is 5.75 Å². The van der Waals surface area contributed by atoms with E-state index in [0.29, 0.717) is 24.3 Å². The van der Waals surface area contributed by atoms with Gasteiger partial charge in [-0.2, -0.15) is 0 Å². The van der Waals surface area contributed by atoms with Gasteiger partial charge in [0, 0.05) is 19.5 Å². The van der Waals surface area contributed by atoms with E-state index >= 15 is 0 Å². The first-order valence-corrected chi connectivity index (χ1v) is 14.9. The highest BCUT2D eigenvalue weighted by Crippen LogP contribution is 2.25. The zero-order chi connectivity index (χ0) is 29.3. The summed E-state index contributed by atoms with van der Waals surface area (Å²) >= 11 is 5.92. The molecule has 0 aliphatic carbocycles. The van der Waals surface area contributed by atoms with Crippen molar-refractivity contribution < 1.29 is 27.1 Å². The maximum absolute atomic E-state index is 14.0. The lowest BCUT2D eigenvalue weighted by molar-refractivity contribution is -0.140. The van der Waals surface area contributed by atoms with E-state index in [1.54, 1.807) is 24.3 Å². The predicted octanol–water partition coefficient (Wildman–Crippen LogP) is 4.42. The van der Waals surface area contributed by atoms with Gasteiger partial charge in [-0.05, 0) is 47.9 Å². The molecular weight excluding hydrogens is 557 g/mol. The molecule has 3 aromatic carbocycles. The van der Waals surface area contributed by atoms with E-state index < -0.39 is 34.3 Å². The summed E-state index contributed by atoms with van der Waals surface area (Å²) in [6.45, 7) is 1.71. The molecule has 214 valence electrons. The maximum Gasteiger partial charge on any atom is 0.244 e. The number of nitrogens with zero attached hydrogens (tertiary/aromatic N) is 2. The van der Waals surface area contributed by atoms with Gasteiger partial charge in [0.15, 0.2) is 0 Å². The Labute approximate surface area is 239 Å². The number of hydrogen-bond acceptors (Lipinski definition) is 5. The number of methoxy groups -OCH3 is 1. The second-order valence-electron chi connectivity index (χ2n) is 9.24. The van der Waals surface area contributed by atoms with Crippen LogP contribution in [0.25, 0.3) is 0 Å². The third-order valence-electron chi connectivity index (χ3n) is 6.18. The van der Waals surface area contributed by atoms with Crippen molar-refractivity contribution in [1.29, 1.82) is 0 Å². The molecule has 0 spiro atoms. The smallest absolute Gasteiger partial charge is 0.244 e. The van der Waals surface area contributed by atoms with Crippen LogP contribution in [0.2, 0.25) is 5.02 Å². The molecule has 0 radical (unpaired) electrons. The highest BCUT2D eigenvalue weighted by Gasteiger charge is 2.33. The van der Waals surface area contributed by atoms with Gasteiger partial charge in [0.2, 0.25) is 21.8 Å². The van der Waals surface area contributed by atoms with Crippen LogP contribution in [-0.2, 0) is 32.6 Å². The predicted molar refractivity (Wildman–Crippen MR) is 154 cm³/mol. The molecular formula is C29H33ClFN3O5S. The maximum atomic E-state index is 14.0. The van der Waals surface area contributed by atoms with Crippen LogP contribution in [0.1, 0.15) is 24.5 Å². The van der Waals surface area contributed by atoms with Crippen LogP contribution in [0.4, 0.5) is 10.1 Å². The highest BCUT2D eigenvalue weighted by molar-refractivity contribution is 7.92. The Morgan fingerprint density at radius 1 is 1.02 bits per heavy atom. The fourth-order valence-corrected chi connectivity index (χ4v) is 5.16. The Hall–Kier alpha value is -3.63. The second kappa shape index (κ2) is 14.1. The van der Waals surface area contributed by atoms with Crippen LogP contribution in [0, 0.1) is 5.82 Å². The van der Waals surface area contributed by atoms with Gasteiger partial charge in [-0.15, -0.1) is 0 Å². The molecule has 11 heteroatoms. The molecule has 3 rings (SSSR count). The number of carbonyl (C=O) groups excluding carboxylic acids is 2. The molecule has 3 aromatic rings. The van der Waals surface area contributed by atoms with Crippen LogP contribution in [0.3, 0.4) is 0 Å². The molecule has 0 fully saturated rings. The van der Waals surface area contributed by atoms with Crippen molar-refractivity contribution in [3.63, 3.8) is 0 Å². The lowest BCUT2D eigenvalue weighted by Gasteiger charge is -2.33. The van der Waals surface area contributed by atoms with Crippen molar-refractivity contribution in [1.82, 2.24) is 10.2 Å². The van der Waals surface area contributed by atoms with Crippen molar-refractivity contribution in [3.05, 3.63) is 94.8 Å². The third kappa shape index (κ3) is 8.43. The van der Waals surface area contributed by atoms with E-state index in [-0.39, 0.29) is 29.6 Å². The first kappa shape index (κ1) is 30.9. The number of anilines is 1. The molecule has 0 saturated carbocycles. The molecule has 2 amide bonds. The number of hydrogen-bond donors (Lipinski definition) is 1. The van der Waals surface area contributed by atoms with Gasteiger partial charge < -0.3 is 15.0 Å². The number of benzene rings is 3. The number of nitrogens with one attached hydrogen (secondary N) is 1. The third-order valence-corrected chi connectivity index (χ3v) is 7.61. The fourth-order valence-electron chi connectivity index (χ4n) is 4.14. The number of rotatable bonds is 13. The SMILES string of the molecule is CCCNC(=O)[C@H](Cc1ccccc1)N(Cc1cccc(OC)c1)C(=O)CN(c1ccc(F)c(Cl)c1)S(C)(=O)=O. The molecule has 40 heavy (non-hydrogen) atoms. The first-order chi connectivity index (χ1) is 19.0. The molecule has 1 atom stereocenters. The zero-order valence-electron chi connectivity index (χ0n) is 22.6. The lowest BCUT2D eigenvalue weighted by Crippen LogP contribution is -2.53. The molecule has 0 heterocycles. The van der Waals surface area contributed by atoms with Gasteiger partial charge in [-0.3, -0.25) is 13.9 Å². The summed E-state index contributed by atoms with van der Waals surface area (Å²) in [5.41, 5.74) is 1.54. The Morgan fingerprint density at radius 2 is 1.73 bits per heavy atom. The number of amides is 2. The molecule has 8 nitrogen and oxygen atoms in total. The average Bonchev–Trinajstić information content (AvgIpc) is 2.93. The monoisotopic (exact) mass is 589 g/mol. The van der Waals surface area contributed by atoms with Crippen LogP contribution >= 0.6 is 11.6 Å². The Balaban J connectivity index is 2.06. The quantitative estimate of drug-likeness (QED) is 0.318. The van der Waals surface area contributed by atoms with Gasteiger partial charge in [-0.1, -0.05) is 61.0 Å². The summed E-state index contributed by atoms with van der Waals surface area (Å²) in [6, 6.07) is 18.8. The molecule has 0 unspecified atom stereocenters. The molecule has 0 bridgehead atoms. The summed E-state index contributed by atoms with van der Waals surface area (Å²) in [7, 11) is -2.47. The number of carbonyl (C=O) groups is 2. The Kier molecular flexibility index (Phi) is 10.9.